The van der Waals surface area contributed by atoms with Crippen LogP contribution in [0, 0.1) is 11.3 Å². The fraction of sp³-hybridized carbons (Fsp3) is 0.800. The summed E-state index contributed by atoms with van der Waals surface area (Å²) in [4.78, 5) is 19.8. The van der Waals surface area contributed by atoms with Gasteiger partial charge in [-0.3, -0.25) is 9.69 Å². The van der Waals surface area contributed by atoms with Crippen LogP contribution >= 0.6 is 0 Å². The number of hydrogen-bond donors (Lipinski definition) is 1. The molecule has 1 aliphatic heterocycles. The standard InChI is InChI=1S/C20H32N4O/c1-2-5-16-12-24(17-6-3-4-7-17)13-18(16)22-19(25)20(8-9-20)14-23-11-10-21-15-23/h10-11,15-18H,2-9,12-14H2,1H3,(H,22,25)/t16-,18-/m0/s1. The molecule has 1 aromatic heterocycles. The van der Waals surface area contributed by atoms with Gasteiger partial charge in [-0.15, -0.1) is 0 Å². The molecule has 1 aromatic rings. The Labute approximate surface area is 151 Å². The summed E-state index contributed by atoms with van der Waals surface area (Å²) in [5, 5.41) is 3.47. The van der Waals surface area contributed by atoms with Gasteiger partial charge in [0.25, 0.3) is 0 Å². The summed E-state index contributed by atoms with van der Waals surface area (Å²) in [7, 11) is 0. The molecule has 0 bridgehead atoms. The maximum absolute atomic E-state index is 13.0. The summed E-state index contributed by atoms with van der Waals surface area (Å²) < 4.78 is 2.05. The first-order valence-electron chi connectivity index (χ1n) is 10.2. The van der Waals surface area contributed by atoms with Crippen molar-refractivity contribution in [3.8, 4) is 0 Å². The number of rotatable bonds is 7. The summed E-state index contributed by atoms with van der Waals surface area (Å²) in [6.45, 7) is 5.27. The lowest BCUT2D eigenvalue weighted by atomic mass is 9.97. The number of imidazole rings is 1. The molecule has 2 atom stereocenters. The average molecular weight is 345 g/mol. The zero-order valence-electron chi connectivity index (χ0n) is 15.5. The number of carbonyl (C=O) groups excluding carboxylic acids is 1. The van der Waals surface area contributed by atoms with Gasteiger partial charge in [0, 0.05) is 44.1 Å². The van der Waals surface area contributed by atoms with Crippen LogP contribution in [0.1, 0.15) is 58.3 Å². The second-order valence-corrected chi connectivity index (χ2v) is 8.54. The van der Waals surface area contributed by atoms with Crippen molar-refractivity contribution in [3.63, 3.8) is 0 Å². The first kappa shape index (κ1) is 17.1. The van der Waals surface area contributed by atoms with Crippen LogP contribution in [0.15, 0.2) is 18.7 Å². The molecule has 2 heterocycles. The quantitative estimate of drug-likeness (QED) is 0.827. The minimum absolute atomic E-state index is 0.182. The Balaban J connectivity index is 1.38. The molecule has 25 heavy (non-hydrogen) atoms. The van der Waals surface area contributed by atoms with E-state index < -0.39 is 0 Å². The van der Waals surface area contributed by atoms with Gasteiger partial charge in [-0.25, -0.2) is 4.98 Å². The van der Waals surface area contributed by atoms with Gasteiger partial charge in [0.1, 0.15) is 0 Å². The smallest absolute Gasteiger partial charge is 0.228 e. The van der Waals surface area contributed by atoms with E-state index in [4.69, 9.17) is 0 Å². The number of amides is 1. The average Bonchev–Trinajstić information content (AvgIpc) is 3.04. The number of aromatic nitrogens is 2. The van der Waals surface area contributed by atoms with Gasteiger partial charge in [-0.05, 0) is 38.0 Å². The second kappa shape index (κ2) is 7.10. The topological polar surface area (TPSA) is 50.2 Å². The normalized spacial score (nSPS) is 29.2. The third-order valence-corrected chi connectivity index (χ3v) is 6.67. The Bertz CT molecular complexity index is 575. The van der Waals surface area contributed by atoms with Crippen molar-refractivity contribution in [1.29, 1.82) is 0 Å². The van der Waals surface area contributed by atoms with Gasteiger partial charge in [-0.1, -0.05) is 26.2 Å². The number of hydrogen-bond acceptors (Lipinski definition) is 3. The van der Waals surface area contributed by atoms with E-state index in [1.807, 2.05) is 12.5 Å². The molecule has 0 unspecified atom stereocenters. The first-order valence-corrected chi connectivity index (χ1v) is 10.2. The van der Waals surface area contributed by atoms with Gasteiger partial charge in [0.05, 0.1) is 11.7 Å². The van der Waals surface area contributed by atoms with E-state index in [0.717, 1.165) is 32.0 Å². The van der Waals surface area contributed by atoms with E-state index in [0.29, 0.717) is 12.0 Å². The summed E-state index contributed by atoms with van der Waals surface area (Å²) in [6.07, 6.45) is 15.5. The van der Waals surface area contributed by atoms with E-state index in [-0.39, 0.29) is 11.3 Å². The Morgan fingerprint density at radius 2 is 2.08 bits per heavy atom. The third kappa shape index (κ3) is 3.62. The Hall–Kier alpha value is -1.36. The van der Waals surface area contributed by atoms with Gasteiger partial charge in [0.2, 0.25) is 5.91 Å². The molecule has 2 saturated carbocycles. The highest BCUT2D eigenvalue weighted by molar-refractivity contribution is 5.85. The largest absolute Gasteiger partial charge is 0.351 e. The van der Waals surface area contributed by atoms with Crippen molar-refractivity contribution in [3.05, 3.63) is 18.7 Å². The predicted molar refractivity (Wildman–Crippen MR) is 98.1 cm³/mol. The summed E-state index contributed by atoms with van der Waals surface area (Å²) in [5.74, 6) is 0.902. The van der Waals surface area contributed by atoms with Crippen molar-refractivity contribution >= 4 is 5.91 Å². The van der Waals surface area contributed by atoms with E-state index in [1.165, 1.54) is 45.1 Å². The van der Waals surface area contributed by atoms with Crippen LogP contribution in [-0.2, 0) is 11.3 Å². The number of nitrogens with one attached hydrogen (secondary N) is 1. The monoisotopic (exact) mass is 344 g/mol. The lowest BCUT2D eigenvalue weighted by Gasteiger charge is -2.24. The molecule has 0 spiro atoms. The molecule has 1 saturated heterocycles. The predicted octanol–water partition coefficient (Wildman–Crippen LogP) is 2.82. The van der Waals surface area contributed by atoms with Gasteiger partial charge < -0.3 is 9.88 Å². The zero-order chi connectivity index (χ0) is 17.3. The Morgan fingerprint density at radius 3 is 2.72 bits per heavy atom. The Kier molecular flexibility index (Phi) is 4.85. The molecule has 2 aliphatic carbocycles. The van der Waals surface area contributed by atoms with Crippen LogP contribution < -0.4 is 5.32 Å². The molecule has 0 radical (unpaired) electrons. The fourth-order valence-corrected chi connectivity index (χ4v) is 4.96. The van der Waals surface area contributed by atoms with E-state index in [1.54, 1.807) is 6.20 Å². The molecule has 3 aliphatic rings. The lowest BCUT2D eigenvalue weighted by molar-refractivity contribution is -0.127. The van der Waals surface area contributed by atoms with Crippen molar-refractivity contribution in [1.82, 2.24) is 19.8 Å². The molecule has 5 heteroatoms. The SMILES string of the molecule is CCC[C@H]1CN(C2CCCC2)C[C@@H]1NC(=O)C1(Cn2ccnc2)CC1. The molecule has 4 rings (SSSR count). The molecular formula is C20H32N4O. The van der Waals surface area contributed by atoms with Crippen LogP contribution in [-0.4, -0.2) is 45.5 Å². The van der Waals surface area contributed by atoms with Crippen molar-refractivity contribution < 1.29 is 4.79 Å². The molecule has 1 amide bonds. The molecular weight excluding hydrogens is 312 g/mol. The highest BCUT2D eigenvalue weighted by Gasteiger charge is 2.51. The van der Waals surface area contributed by atoms with Gasteiger partial charge >= 0.3 is 0 Å². The summed E-state index contributed by atoms with van der Waals surface area (Å²) in [5.41, 5.74) is -0.182. The highest BCUT2D eigenvalue weighted by Crippen LogP contribution is 2.47. The second-order valence-electron chi connectivity index (χ2n) is 8.54. The van der Waals surface area contributed by atoms with Crippen LogP contribution in [0.3, 0.4) is 0 Å². The van der Waals surface area contributed by atoms with Crippen LogP contribution in [0.25, 0.3) is 0 Å². The number of likely N-dealkylation sites (tertiary alicyclic amines) is 1. The van der Waals surface area contributed by atoms with Crippen molar-refractivity contribution in [2.24, 2.45) is 11.3 Å². The maximum atomic E-state index is 13.0. The summed E-state index contributed by atoms with van der Waals surface area (Å²) in [6, 6.07) is 1.11. The van der Waals surface area contributed by atoms with E-state index >= 15 is 0 Å². The molecule has 3 fully saturated rings. The number of carbonyl (C=O) groups is 1. The Morgan fingerprint density at radius 1 is 1.28 bits per heavy atom. The molecule has 1 N–H and O–H groups in total. The van der Waals surface area contributed by atoms with Gasteiger partial charge in [0.15, 0.2) is 0 Å². The minimum Gasteiger partial charge on any atom is -0.351 e. The molecule has 0 aromatic carbocycles. The third-order valence-electron chi connectivity index (χ3n) is 6.67. The lowest BCUT2D eigenvalue weighted by Crippen LogP contribution is -2.45. The maximum Gasteiger partial charge on any atom is 0.228 e. The van der Waals surface area contributed by atoms with E-state index in [9.17, 15) is 4.79 Å². The molecule has 138 valence electrons. The number of nitrogens with zero attached hydrogens (tertiary/aromatic N) is 3. The van der Waals surface area contributed by atoms with Crippen LogP contribution in [0.5, 0.6) is 0 Å². The van der Waals surface area contributed by atoms with Crippen molar-refractivity contribution in [2.45, 2.75) is 76.9 Å². The van der Waals surface area contributed by atoms with Crippen LogP contribution in [0.4, 0.5) is 0 Å². The van der Waals surface area contributed by atoms with E-state index in [2.05, 4.69) is 26.7 Å². The van der Waals surface area contributed by atoms with Crippen molar-refractivity contribution in [2.75, 3.05) is 13.1 Å². The highest BCUT2D eigenvalue weighted by atomic mass is 16.2. The van der Waals surface area contributed by atoms with Crippen LogP contribution in [0.2, 0.25) is 0 Å². The minimum atomic E-state index is -0.182. The fourth-order valence-electron chi connectivity index (χ4n) is 4.96. The zero-order valence-corrected chi connectivity index (χ0v) is 15.5. The molecule has 5 nitrogen and oxygen atoms in total. The first-order chi connectivity index (χ1) is 12.2. The van der Waals surface area contributed by atoms with Gasteiger partial charge in [-0.2, -0.15) is 0 Å². The summed E-state index contributed by atoms with van der Waals surface area (Å²) >= 11 is 0.